The fraction of sp³-hybridized carbons (Fsp3) is 0.543. The highest BCUT2D eigenvalue weighted by molar-refractivity contribution is 5.91. The van der Waals surface area contributed by atoms with Crippen molar-refractivity contribution < 1.29 is 33.8 Å². The molecule has 1 amide bonds. The maximum Gasteiger partial charge on any atom is 0.343 e. The molecule has 0 spiro atoms. The van der Waals surface area contributed by atoms with Crippen LogP contribution in [0.5, 0.6) is 5.75 Å². The number of hydrogen-bond acceptors (Lipinski definition) is 6. The Bertz CT molecular complexity index is 1320. The van der Waals surface area contributed by atoms with Gasteiger partial charge >= 0.3 is 17.9 Å². The van der Waals surface area contributed by atoms with E-state index in [1.54, 1.807) is 12.1 Å². The Morgan fingerprint density at radius 2 is 1.74 bits per heavy atom. The molecule has 5 atom stereocenters. The van der Waals surface area contributed by atoms with Gasteiger partial charge in [0, 0.05) is 24.8 Å². The number of aliphatic carboxylic acids is 1. The van der Waals surface area contributed by atoms with Crippen LogP contribution in [0.4, 0.5) is 0 Å². The standard InChI is InChI=1S/C35H43NO7/c1-35-20-19-27-26-14-12-25(42-34(41)23-8-4-2-5-9-23)22-24(26)11-13-28(27)29(35)15-16-30(35)43-33(40)10-6-3-7-21-36-31(37)17-18-32(38)39/h2,4-5,8-9,12,14,22,27-30H,3,6-7,10-11,13,15-21H2,1H3,(H,36,37)(H,38,39)/t27?,28?,29?,30?,35-/m1/s1. The second-order valence-electron chi connectivity index (χ2n) is 12.7. The number of carbonyl (C=O) groups excluding carboxylic acids is 3. The normalized spacial score (nSPS) is 25.5. The van der Waals surface area contributed by atoms with Gasteiger partial charge in [-0.25, -0.2) is 4.79 Å². The highest BCUT2D eigenvalue weighted by Gasteiger charge is 2.56. The van der Waals surface area contributed by atoms with Crippen molar-refractivity contribution in [1.29, 1.82) is 0 Å². The summed E-state index contributed by atoms with van der Waals surface area (Å²) < 4.78 is 11.8. The minimum Gasteiger partial charge on any atom is -0.481 e. The fourth-order valence-electron chi connectivity index (χ4n) is 7.83. The highest BCUT2D eigenvalue weighted by atomic mass is 16.5. The summed E-state index contributed by atoms with van der Waals surface area (Å²) in [6.45, 7) is 2.81. The van der Waals surface area contributed by atoms with Gasteiger partial charge in [0.1, 0.15) is 11.9 Å². The monoisotopic (exact) mass is 589 g/mol. The van der Waals surface area contributed by atoms with Gasteiger partial charge in [0.2, 0.25) is 5.91 Å². The molecule has 230 valence electrons. The summed E-state index contributed by atoms with van der Waals surface area (Å²) in [5, 5.41) is 11.4. The zero-order valence-corrected chi connectivity index (χ0v) is 25.0. The molecule has 0 bridgehead atoms. The number of carboxylic acid groups (broad SMARTS) is 1. The second-order valence-corrected chi connectivity index (χ2v) is 12.7. The molecule has 5 rings (SSSR count). The summed E-state index contributed by atoms with van der Waals surface area (Å²) in [5.74, 6) is 0.470. The molecular weight excluding hydrogens is 546 g/mol. The maximum atomic E-state index is 12.8. The topological polar surface area (TPSA) is 119 Å². The molecule has 0 saturated heterocycles. The SMILES string of the molecule is C[C@@]12CCC3c4ccc(OC(=O)c5ccccc5)cc4CCC3C1CCC2OC(=O)CCCCCNC(=O)CCC(=O)O. The van der Waals surface area contributed by atoms with Crippen LogP contribution in [0.3, 0.4) is 0 Å². The van der Waals surface area contributed by atoms with E-state index in [-0.39, 0.29) is 42.2 Å². The summed E-state index contributed by atoms with van der Waals surface area (Å²) in [5.41, 5.74) is 3.21. The molecule has 2 saturated carbocycles. The van der Waals surface area contributed by atoms with E-state index in [0.29, 0.717) is 48.5 Å². The first-order chi connectivity index (χ1) is 20.7. The number of aryl methyl sites for hydroxylation is 1. The average Bonchev–Trinajstić information content (AvgIpc) is 3.33. The van der Waals surface area contributed by atoms with E-state index in [4.69, 9.17) is 14.6 Å². The lowest BCUT2D eigenvalue weighted by atomic mass is 9.55. The molecular formula is C35H43NO7. The van der Waals surface area contributed by atoms with Crippen LogP contribution in [0.15, 0.2) is 48.5 Å². The molecule has 8 nitrogen and oxygen atoms in total. The van der Waals surface area contributed by atoms with Crippen molar-refractivity contribution in [1.82, 2.24) is 5.32 Å². The van der Waals surface area contributed by atoms with Gasteiger partial charge in [-0.15, -0.1) is 0 Å². The Labute approximate surface area is 253 Å². The Hall–Kier alpha value is -3.68. The molecule has 8 heteroatoms. The van der Waals surface area contributed by atoms with E-state index < -0.39 is 5.97 Å². The molecule has 2 aromatic rings. The lowest BCUT2D eigenvalue weighted by Gasteiger charge is -2.50. The molecule has 0 aromatic heterocycles. The van der Waals surface area contributed by atoms with E-state index >= 15 is 0 Å². The molecule has 2 N–H and O–H groups in total. The van der Waals surface area contributed by atoms with Crippen molar-refractivity contribution in [2.75, 3.05) is 6.54 Å². The number of unbranched alkanes of at least 4 members (excludes halogenated alkanes) is 2. The largest absolute Gasteiger partial charge is 0.481 e. The number of fused-ring (bicyclic) bond motifs is 5. The highest BCUT2D eigenvalue weighted by Crippen LogP contribution is 2.61. The quantitative estimate of drug-likeness (QED) is 0.171. The van der Waals surface area contributed by atoms with E-state index in [9.17, 15) is 19.2 Å². The maximum absolute atomic E-state index is 12.8. The summed E-state index contributed by atoms with van der Waals surface area (Å²) in [4.78, 5) is 47.5. The van der Waals surface area contributed by atoms with E-state index in [1.165, 1.54) is 11.1 Å². The van der Waals surface area contributed by atoms with Gasteiger partial charge in [0.05, 0.1) is 12.0 Å². The number of carboxylic acids is 1. The van der Waals surface area contributed by atoms with Crippen LogP contribution in [-0.4, -0.2) is 41.6 Å². The van der Waals surface area contributed by atoms with E-state index in [1.807, 2.05) is 30.3 Å². The van der Waals surface area contributed by atoms with Gasteiger partial charge in [0.15, 0.2) is 0 Å². The smallest absolute Gasteiger partial charge is 0.343 e. The van der Waals surface area contributed by atoms with Gasteiger partial charge in [-0.05, 0) is 105 Å². The number of hydrogen-bond donors (Lipinski definition) is 2. The number of esters is 2. The molecule has 3 aliphatic carbocycles. The Kier molecular flexibility index (Phi) is 9.83. The van der Waals surface area contributed by atoms with Crippen LogP contribution in [0.25, 0.3) is 0 Å². The number of ether oxygens (including phenoxy) is 2. The predicted octanol–water partition coefficient (Wildman–Crippen LogP) is 6.22. The van der Waals surface area contributed by atoms with Crippen molar-refractivity contribution in [2.24, 2.45) is 17.3 Å². The van der Waals surface area contributed by atoms with Gasteiger partial charge in [-0.2, -0.15) is 0 Å². The van der Waals surface area contributed by atoms with Crippen LogP contribution in [-0.2, 0) is 25.5 Å². The fourth-order valence-corrected chi connectivity index (χ4v) is 7.83. The number of amides is 1. The van der Waals surface area contributed by atoms with Gasteiger partial charge in [-0.1, -0.05) is 37.6 Å². The van der Waals surface area contributed by atoms with E-state index in [0.717, 1.165) is 51.4 Å². The van der Waals surface area contributed by atoms with Gasteiger partial charge in [0.25, 0.3) is 0 Å². The summed E-state index contributed by atoms with van der Waals surface area (Å²) in [7, 11) is 0. The molecule has 0 aliphatic heterocycles. The first-order valence-electron chi connectivity index (χ1n) is 15.8. The Morgan fingerprint density at radius 1 is 0.930 bits per heavy atom. The molecule has 0 heterocycles. The summed E-state index contributed by atoms with van der Waals surface area (Å²) in [6, 6.07) is 15.2. The average molecular weight is 590 g/mol. The molecule has 3 aliphatic rings. The third kappa shape index (κ3) is 7.28. The molecule has 2 aromatic carbocycles. The molecule has 4 unspecified atom stereocenters. The summed E-state index contributed by atoms with van der Waals surface area (Å²) in [6.07, 6.45) is 8.58. The molecule has 43 heavy (non-hydrogen) atoms. The van der Waals surface area contributed by atoms with Crippen molar-refractivity contribution in [3.05, 3.63) is 65.2 Å². The lowest BCUT2D eigenvalue weighted by molar-refractivity contribution is -0.157. The van der Waals surface area contributed by atoms with Crippen LogP contribution >= 0.6 is 0 Å². The predicted molar refractivity (Wildman–Crippen MR) is 161 cm³/mol. The Morgan fingerprint density at radius 3 is 2.53 bits per heavy atom. The van der Waals surface area contributed by atoms with Crippen LogP contribution < -0.4 is 10.1 Å². The van der Waals surface area contributed by atoms with Gasteiger partial charge < -0.3 is 19.9 Å². The minimum absolute atomic E-state index is 0.000280. The zero-order valence-electron chi connectivity index (χ0n) is 25.0. The number of carbonyl (C=O) groups is 4. The van der Waals surface area contributed by atoms with Crippen LogP contribution in [0.2, 0.25) is 0 Å². The first-order valence-corrected chi connectivity index (χ1v) is 15.8. The zero-order chi connectivity index (χ0) is 30.4. The van der Waals surface area contributed by atoms with Crippen LogP contribution in [0.1, 0.15) is 105 Å². The number of nitrogens with one attached hydrogen (secondary N) is 1. The van der Waals surface area contributed by atoms with Crippen molar-refractivity contribution >= 4 is 23.8 Å². The summed E-state index contributed by atoms with van der Waals surface area (Å²) >= 11 is 0. The lowest BCUT2D eigenvalue weighted by Crippen LogP contribution is -2.45. The molecule has 0 radical (unpaired) electrons. The number of benzene rings is 2. The third-order valence-electron chi connectivity index (χ3n) is 10.1. The van der Waals surface area contributed by atoms with Crippen molar-refractivity contribution in [3.8, 4) is 5.75 Å². The van der Waals surface area contributed by atoms with Gasteiger partial charge in [-0.3, -0.25) is 14.4 Å². The van der Waals surface area contributed by atoms with Crippen LogP contribution in [0, 0.1) is 17.3 Å². The number of rotatable bonds is 12. The Balaban J connectivity index is 1.09. The van der Waals surface area contributed by atoms with Crippen molar-refractivity contribution in [2.45, 2.75) is 96.0 Å². The minimum atomic E-state index is -0.979. The first kappa shape index (κ1) is 30.8. The van der Waals surface area contributed by atoms with E-state index in [2.05, 4.69) is 18.3 Å². The second kappa shape index (κ2) is 13.7. The van der Waals surface area contributed by atoms with Crippen molar-refractivity contribution in [3.63, 3.8) is 0 Å². The molecule has 2 fully saturated rings. The third-order valence-corrected chi connectivity index (χ3v) is 10.1.